The van der Waals surface area contributed by atoms with Crippen molar-refractivity contribution in [1.82, 2.24) is 0 Å². The summed E-state index contributed by atoms with van der Waals surface area (Å²) in [5.41, 5.74) is 1.31. The molecule has 0 saturated heterocycles. The molecule has 1 aliphatic heterocycles. The minimum atomic E-state index is 0.316. The van der Waals surface area contributed by atoms with Crippen molar-refractivity contribution in [2.75, 3.05) is 6.61 Å². The summed E-state index contributed by atoms with van der Waals surface area (Å²) in [6.45, 7) is 2.89. The lowest BCUT2D eigenvalue weighted by molar-refractivity contribution is 0.330. The smallest absolute Gasteiger partial charge is 0.122 e. The fourth-order valence-corrected chi connectivity index (χ4v) is 4.70. The first-order valence-electron chi connectivity index (χ1n) is 5.78. The van der Waals surface area contributed by atoms with Crippen LogP contribution < -0.4 is 4.74 Å². The lowest BCUT2D eigenvalue weighted by Crippen LogP contribution is -2.06. The van der Waals surface area contributed by atoms with E-state index in [0.29, 0.717) is 10.7 Å². The zero-order chi connectivity index (χ0) is 12.7. The van der Waals surface area contributed by atoms with E-state index in [2.05, 4.69) is 57.0 Å². The third kappa shape index (κ3) is 2.15. The Morgan fingerprint density at radius 3 is 2.89 bits per heavy atom. The van der Waals surface area contributed by atoms with Crippen LogP contribution in [0.5, 0.6) is 5.75 Å². The van der Waals surface area contributed by atoms with Gasteiger partial charge in [-0.15, -0.1) is 11.3 Å². The number of para-hydroxylation sites is 1. The molecule has 1 aromatic heterocycles. The standard InChI is InChI=1S/C14H12Br2OS/c1-8-11(15)6-13(18-8)14(16)10-7-17-12-5-3-2-4-9(10)12/h2-6,10,14H,7H2,1H3. The normalized spacial score (nSPS) is 19.4. The SMILES string of the molecule is Cc1sc(C(Br)C2COc3ccccc32)cc1Br. The molecule has 1 aromatic carbocycles. The predicted molar refractivity (Wildman–Crippen MR) is 83.1 cm³/mol. The molecule has 0 aliphatic carbocycles. The van der Waals surface area contributed by atoms with Crippen molar-refractivity contribution in [2.24, 2.45) is 0 Å². The van der Waals surface area contributed by atoms with Crippen molar-refractivity contribution < 1.29 is 4.74 Å². The summed E-state index contributed by atoms with van der Waals surface area (Å²) < 4.78 is 6.95. The Kier molecular flexibility index (Phi) is 3.52. The zero-order valence-corrected chi connectivity index (χ0v) is 13.8. The van der Waals surface area contributed by atoms with Crippen molar-refractivity contribution in [3.05, 3.63) is 50.1 Å². The molecule has 0 saturated carbocycles. The van der Waals surface area contributed by atoms with Crippen LogP contribution in [0.4, 0.5) is 0 Å². The number of rotatable bonds is 2. The second-order valence-corrected chi connectivity index (χ2v) is 7.54. The largest absolute Gasteiger partial charge is 0.493 e. The first-order valence-corrected chi connectivity index (χ1v) is 8.31. The van der Waals surface area contributed by atoms with Crippen LogP contribution >= 0.6 is 43.2 Å². The highest BCUT2D eigenvalue weighted by Gasteiger charge is 2.31. The van der Waals surface area contributed by atoms with Crippen molar-refractivity contribution in [1.29, 1.82) is 0 Å². The van der Waals surface area contributed by atoms with Crippen LogP contribution in [0.2, 0.25) is 0 Å². The van der Waals surface area contributed by atoms with Crippen LogP contribution in [0.15, 0.2) is 34.8 Å². The molecule has 3 rings (SSSR count). The van der Waals surface area contributed by atoms with E-state index >= 15 is 0 Å². The van der Waals surface area contributed by atoms with E-state index < -0.39 is 0 Å². The van der Waals surface area contributed by atoms with Crippen LogP contribution in [-0.4, -0.2) is 6.61 Å². The molecular formula is C14H12Br2OS. The van der Waals surface area contributed by atoms with Gasteiger partial charge in [-0.25, -0.2) is 0 Å². The summed E-state index contributed by atoms with van der Waals surface area (Å²) >= 11 is 9.26. The third-order valence-electron chi connectivity index (χ3n) is 3.24. The fourth-order valence-electron chi connectivity index (χ4n) is 2.25. The number of fused-ring (bicyclic) bond motifs is 1. The van der Waals surface area contributed by atoms with Gasteiger partial charge in [0.1, 0.15) is 5.75 Å². The van der Waals surface area contributed by atoms with E-state index in [4.69, 9.17) is 4.74 Å². The van der Waals surface area contributed by atoms with Gasteiger partial charge in [0, 0.05) is 25.7 Å². The molecule has 18 heavy (non-hydrogen) atoms. The molecule has 0 radical (unpaired) electrons. The second-order valence-electron chi connectivity index (χ2n) is 4.41. The fraction of sp³-hybridized carbons (Fsp3) is 0.286. The topological polar surface area (TPSA) is 9.23 Å². The third-order valence-corrected chi connectivity index (χ3v) is 6.89. The predicted octanol–water partition coefficient (Wildman–Crippen LogP) is 5.43. The van der Waals surface area contributed by atoms with Crippen LogP contribution in [0.1, 0.15) is 26.1 Å². The maximum absolute atomic E-state index is 5.75. The number of aryl methyl sites for hydroxylation is 1. The maximum Gasteiger partial charge on any atom is 0.122 e. The molecule has 0 fully saturated rings. The lowest BCUT2D eigenvalue weighted by atomic mass is 9.97. The number of benzene rings is 1. The van der Waals surface area contributed by atoms with Gasteiger partial charge in [0.05, 0.1) is 11.4 Å². The van der Waals surface area contributed by atoms with E-state index in [0.717, 1.165) is 12.4 Å². The average Bonchev–Trinajstić information content (AvgIpc) is 2.93. The molecular weight excluding hydrogens is 376 g/mol. The van der Waals surface area contributed by atoms with Gasteiger partial charge < -0.3 is 4.74 Å². The van der Waals surface area contributed by atoms with Crippen LogP contribution in [0.25, 0.3) is 0 Å². The molecule has 2 aromatic rings. The van der Waals surface area contributed by atoms with Crippen LogP contribution in [-0.2, 0) is 0 Å². The quantitative estimate of drug-likeness (QED) is 0.624. The highest BCUT2D eigenvalue weighted by molar-refractivity contribution is 9.10. The lowest BCUT2D eigenvalue weighted by Gasteiger charge is -2.14. The molecule has 2 heterocycles. The van der Waals surface area contributed by atoms with E-state index in [1.54, 1.807) is 0 Å². The molecule has 0 amide bonds. The van der Waals surface area contributed by atoms with Gasteiger partial charge in [0.15, 0.2) is 0 Å². The number of thiophene rings is 1. The number of ether oxygens (including phenoxy) is 1. The van der Waals surface area contributed by atoms with Gasteiger partial charge in [0.25, 0.3) is 0 Å². The molecule has 2 unspecified atom stereocenters. The summed E-state index contributed by atoms with van der Waals surface area (Å²) in [7, 11) is 0. The Morgan fingerprint density at radius 2 is 2.17 bits per heavy atom. The van der Waals surface area contributed by atoms with Crippen LogP contribution in [0.3, 0.4) is 0 Å². The Hall–Kier alpha value is -0.320. The van der Waals surface area contributed by atoms with Crippen molar-refractivity contribution in [3.8, 4) is 5.75 Å². The summed E-state index contributed by atoms with van der Waals surface area (Å²) in [4.78, 5) is 2.99. The number of alkyl halides is 1. The molecule has 0 bridgehead atoms. The van der Waals surface area contributed by atoms with Crippen LogP contribution in [0, 0.1) is 6.92 Å². The van der Waals surface area contributed by atoms with E-state index in [-0.39, 0.29) is 0 Å². The molecule has 94 valence electrons. The Balaban J connectivity index is 1.92. The van der Waals surface area contributed by atoms with Gasteiger partial charge in [-0.05, 0) is 35.0 Å². The number of hydrogen-bond donors (Lipinski definition) is 0. The molecule has 0 spiro atoms. The first-order chi connectivity index (χ1) is 8.66. The minimum Gasteiger partial charge on any atom is -0.493 e. The molecule has 2 atom stereocenters. The van der Waals surface area contributed by atoms with E-state index in [1.807, 2.05) is 23.5 Å². The van der Waals surface area contributed by atoms with Gasteiger partial charge in [-0.2, -0.15) is 0 Å². The van der Waals surface area contributed by atoms with Gasteiger partial charge in [-0.1, -0.05) is 34.1 Å². The van der Waals surface area contributed by atoms with Gasteiger partial charge in [-0.3, -0.25) is 0 Å². The molecule has 4 heteroatoms. The summed E-state index contributed by atoms with van der Waals surface area (Å²) in [6.07, 6.45) is 0. The highest BCUT2D eigenvalue weighted by atomic mass is 79.9. The van der Waals surface area contributed by atoms with E-state index in [1.165, 1.54) is 19.8 Å². The minimum absolute atomic E-state index is 0.316. The summed E-state index contributed by atoms with van der Waals surface area (Å²) in [6, 6.07) is 10.5. The summed E-state index contributed by atoms with van der Waals surface area (Å²) in [5, 5.41) is 0. The zero-order valence-electron chi connectivity index (χ0n) is 9.82. The molecule has 0 N–H and O–H groups in total. The summed E-state index contributed by atoms with van der Waals surface area (Å²) in [5.74, 6) is 1.42. The van der Waals surface area contributed by atoms with Crippen molar-refractivity contribution in [3.63, 3.8) is 0 Å². The number of halogens is 2. The number of hydrogen-bond acceptors (Lipinski definition) is 2. The van der Waals surface area contributed by atoms with E-state index in [9.17, 15) is 0 Å². The average molecular weight is 388 g/mol. The molecule has 1 nitrogen and oxygen atoms in total. The Labute approximate surface area is 127 Å². The maximum atomic E-state index is 5.75. The highest BCUT2D eigenvalue weighted by Crippen LogP contribution is 2.47. The Bertz CT molecular complexity index is 559. The van der Waals surface area contributed by atoms with Gasteiger partial charge >= 0.3 is 0 Å². The van der Waals surface area contributed by atoms with Gasteiger partial charge in [0.2, 0.25) is 0 Å². The second kappa shape index (κ2) is 4.99. The first kappa shape index (κ1) is 12.7. The Morgan fingerprint density at radius 1 is 1.39 bits per heavy atom. The molecule has 1 aliphatic rings. The van der Waals surface area contributed by atoms with Crippen molar-refractivity contribution >= 4 is 43.2 Å². The monoisotopic (exact) mass is 386 g/mol. The van der Waals surface area contributed by atoms with Crippen molar-refractivity contribution in [2.45, 2.75) is 17.7 Å².